The Morgan fingerprint density at radius 2 is 2.18 bits per heavy atom. The molecule has 2 nitrogen and oxygen atoms in total. The van der Waals surface area contributed by atoms with Gasteiger partial charge in [-0.1, -0.05) is 19.1 Å². The molecule has 1 aliphatic carbocycles. The lowest BCUT2D eigenvalue weighted by atomic mass is 9.81. The van der Waals surface area contributed by atoms with Gasteiger partial charge >= 0.3 is 0 Å². The molecule has 0 spiro atoms. The SMILES string of the molecule is Cc1cccc(OC2CC(C)CCC2C#N)c1. The topological polar surface area (TPSA) is 33.0 Å². The Kier molecular flexibility index (Phi) is 3.68. The van der Waals surface area contributed by atoms with E-state index in [1.54, 1.807) is 0 Å². The largest absolute Gasteiger partial charge is 0.489 e. The van der Waals surface area contributed by atoms with Crippen LogP contribution < -0.4 is 4.74 Å². The van der Waals surface area contributed by atoms with Gasteiger partial charge in [0, 0.05) is 0 Å². The van der Waals surface area contributed by atoms with E-state index in [0.29, 0.717) is 5.92 Å². The molecule has 0 heterocycles. The minimum Gasteiger partial charge on any atom is -0.489 e. The molecule has 0 amide bonds. The van der Waals surface area contributed by atoms with Gasteiger partial charge in [0.15, 0.2) is 0 Å². The summed E-state index contributed by atoms with van der Waals surface area (Å²) in [7, 11) is 0. The van der Waals surface area contributed by atoms with Crippen molar-refractivity contribution in [2.45, 2.75) is 39.2 Å². The first-order valence-electron chi connectivity index (χ1n) is 6.32. The Morgan fingerprint density at radius 1 is 1.35 bits per heavy atom. The van der Waals surface area contributed by atoms with E-state index in [0.717, 1.165) is 25.0 Å². The molecule has 0 aromatic heterocycles. The molecular formula is C15H19NO. The van der Waals surface area contributed by atoms with Crippen molar-refractivity contribution in [3.63, 3.8) is 0 Å². The molecule has 1 aromatic carbocycles. The molecule has 0 radical (unpaired) electrons. The fourth-order valence-corrected chi connectivity index (χ4v) is 2.47. The summed E-state index contributed by atoms with van der Waals surface area (Å²) >= 11 is 0. The molecule has 0 saturated heterocycles. The van der Waals surface area contributed by atoms with E-state index >= 15 is 0 Å². The number of nitriles is 1. The summed E-state index contributed by atoms with van der Waals surface area (Å²) in [5, 5.41) is 9.15. The third-order valence-electron chi connectivity index (χ3n) is 3.50. The Morgan fingerprint density at radius 3 is 2.88 bits per heavy atom. The van der Waals surface area contributed by atoms with E-state index in [4.69, 9.17) is 10.00 Å². The highest BCUT2D eigenvalue weighted by atomic mass is 16.5. The molecule has 90 valence electrons. The molecule has 0 aliphatic heterocycles. The molecule has 3 unspecified atom stereocenters. The summed E-state index contributed by atoms with van der Waals surface area (Å²) < 4.78 is 5.99. The quantitative estimate of drug-likeness (QED) is 0.774. The Hall–Kier alpha value is -1.49. The minimum absolute atomic E-state index is 0.0479. The van der Waals surface area contributed by atoms with Crippen molar-refractivity contribution in [2.24, 2.45) is 11.8 Å². The van der Waals surface area contributed by atoms with Crippen molar-refractivity contribution in [3.05, 3.63) is 29.8 Å². The molecule has 0 N–H and O–H groups in total. The van der Waals surface area contributed by atoms with Crippen molar-refractivity contribution in [2.75, 3.05) is 0 Å². The van der Waals surface area contributed by atoms with Crippen LogP contribution in [0.3, 0.4) is 0 Å². The van der Waals surface area contributed by atoms with Crippen LogP contribution in [0.15, 0.2) is 24.3 Å². The summed E-state index contributed by atoms with van der Waals surface area (Å²) in [5.74, 6) is 1.60. The highest BCUT2D eigenvalue weighted by molar-refractivity contribution is 5.27. The fourth-order valence-electron chi connectivity index (χ4n) is 2.47. The zero-order valence-corrected chi connectivity index (χ0v) is 10.5. The van der Waals surface area contributed by atoms with Gasteiger partial charge in [0.05, 0.1) is 12.0 Å². The molecule has 0 bridgehead atoms. The van der Waals surface area contributed by atoms with Crippen LogP contribution in [0.1, 0.15) is 31.7 Å². The summed E-state index contributed by atoms with van der Waals surface area (Å²) in [6.07, 6.45) is 3.16. The number of hydrogen-bond donors (Lipinski definition) is 0. The Labute approximate surface area is 103 Å². The fraction of sp³-hybridized carbons (Fsp3) is 0.533. The van der Waals surface area contributed by atoms with E-state index < -0.39 is 0 Å². The van der Waals surface area contributed by atoms with Gasteiger partial charge in [0.25, 0.3) is 0 Å². The second kappa shape index (κ2) is 5.23. The normalized spacial score (nSPS) is 28.4. The Bertz CT molecular complexity index is 421. The van der Waals surface area contributed by atoms with Gasteiger partial charge in [-0.25, -0.2) is 0 Å². The van der Waals surface area contributed by atoms with Crippen molar-refractivity contribution >= 4 is 0 Å². The third kappa shape index (κ3) is 3.00. The van der Waals surface area contributed by atoms with Gasteiger partial charge in [0.1, 0.15) is 11.9 Å². The molecular weight excluding hydrogens is 210 g/mol. The van der Waals surface area contributed by atoms with Gasteiger partial charge < -0.3 is 4.74 Å². The summed E-state index contributed by atoms with van der Waals surface area (Å²) in [5.41, 5.74) is 1.19. The predicted molar refractivity (Wildman–Crippen MR) is 67.7 cm³/mol. The number of hydrogen-bond acceptors (Lipinski definition) is 2. The monoisotopic (exact) mass is 229 g/mol. The van der Waals surface area contributed by atoms with Crippen LogP contribution in [0.5, 0.6) is 5.75 Å². The standard InChI is InChI=1S/C15H19NO/c1-11-4-3-5-14(8-11)17-15-9-12(2)6-7-13(15)10-16/h3-5,8,12-13,15H,6-7,9H2,1-2H3. The molecule has 1 fully saturated rings. The van der Waals surface area contributed by atoms with Crippen LogP contribution in [-0.4, -0.2) is 6.10 Å². The predicted octanol–water partition coefficient (Wildman–Crippen LogP) is 3.70. The molecule has 1 aromatic rings. The van der Waals surface area contributed by atoms with E-state index in [1.165, 1.54) is 5.56 Å². The number of rotatable bonds is 2. The zero-order valence-electron chi connectivity index (χ0n) is 10.5. The molecule has 1 saturated carbocycles. The number of benzene rings is 1. The van der Waals surface area contributed by atoms with E-state index in [2.05, 4.69) is 26.0 Å². The lowest BCUT2D eigenvalue weighted by molar-refractivity contribution is 0.0956. The highest BCUT2D eigenvalue weighted by Gasteiger charge is 2.30. The Balaban J connectivity index is 2.08. The first-order valence-corrected chi connectivity index (χ1v) is 6.32. The maximum absolute atomic E-state index is 9.15. The number of aryl methyl sites for hydroxylation is 1. The summed E-state index contributed by atoms with van der Waals surface area (Å²) in [6, 6.07) is 10.4. The van der Waals surface area contributed by atoms with Crippen molar-refractivity contribution in [1.82, 2.24) is 0 Å². The van der Waals surface area contributed by atoms with Gasteiger partial charge in [-0.2, -0.15) is 5.26 Å². The van der Waals surface area contributed by atoms with E-state index in [-0.39, 0.29) is 12.0 Å². The van der Waals surface area contributed by atoms with Crippen LogP contribution in [0, 0.1) is 30.1 Å². The molecule has 3 atom stereocenters. The van der Waals surface area contributed by atoms with Gasteiger partial charge in [0.2, 0.25) is 0 Å². The highest BCUT2D eigenvalue weighted by Crippen LogP contribution is 2.31. The van der Waals surface area contributed by atoms with Crippen molar-refractivity contribution in [3.8, 4) is 11.8 Å². The average molecular weight is 229 g/mol. The van der Waals surface area contributed by atoms with Crippen LogP contribution in [-0.2, 0) is 0 Å². The number of nitrogens with zero attached hydrogens (tertiary/aromatic N) is 1. The lowest BCUT2D eigenvalue weighted by Crippen LogP contribution is -2.32. The molecule has 17 heavy (non-hydrogen) atoms. The second-order valence-corrected chi connectivity index (χ2v) is 5.13. The smallest absolute Gasteiger partial charge is 0.120 e. The number of ether oxygens (including phenoxy) is 1. The van der Waals surface area contributed by atoms with Crippen LogP contribution in [0.4, 0.5) is 0 Å². The van der Waals surface area contributed by atoms with E-state index in [9.17, 15) is 0 Å². The summed E-state index contributed by atoms with van der Waals surface area (Å²) in [6.45, 7) is 4.29. The van der Waals surface area contributed by atoms with Crippen LogP contribution in [0.25, 0.3) is 0 Å². The first-order chi connectivity index (χ1) is 8.19. The average Bonchev–Trinajstić information content (AvgIpc) is 2.29. The maximum atomic E-state index is 9.15. The van der Waals surface area contributed by atoms with Gasteiger partial charge in [-0.3, -0.25) is 0 Å². The summed E-state index contributed by atoms with van der Waals surface area (Å²) in [4.78, 5) is 0. The molecule has 2 heteroatoms. The zero-order chi connectivity index (χ0) is 12.3. The maximum Gasteiger partial charge on any atom is 0.120 e. The molecule has 1 aliphatic rings. The molecule has 2 rings (SSSR count). The second-order valence-electron chi connectivity index (χ2n) is 5.13. The van der Waals surface area contributed by atoms with E-state index in [1.807, 2.05) is 18.2 Å². The van der Waals surface area contributed by atoms with Gasteiger partial charge in [-0.05, 0) is 49.8 Å². The lowest BCUT2D eigenvalue weighted by Gasteiger charge is -2.31. The van der Waals surface area contributed by atoms with Crippen molar-refractivity contribution in [1.29, 1.82) is 5.26 Å². The van der Waals surface area contributed by atoms with Gasteiger partial charge in [-0.15, -0.1) is 0 Å². The van der Waals surface area contributed by atoms with Crippen molar-refractivity contribution < 1.29 is 4.74 Å². The minimum atomic E-state index is 0.0479. The van der Waals surface area contributed by atoms with Crippen LogP contribution >= 0.6 is 0 Å². The first kappa shape index (κ1) is 12.0. The van der Waals surface area contributed by atoms with Crippen LogP contribution in [0.2, 0.25) is 0 Å². The third-order valence-corrected chi connectivity index (χ3v) is 3.50.